The van der Waals surface area contributed by atoms with Gasteiger partial charge in [0.2, 0.25) is 0 Å². The second kappa shape index (κ2) is 4.25. The fourth-order valence-electron chi connectivity index (χ4n) is 2.27. The van der Waals surface area contributed by atoms with Crippen LogP contribution in [0.15, 0.2) is 24.8 Å². The summed E-state index contributed by atoms with van der Waals surface area (Å²) in [4.78, 5) is 15.2. The van der Waals surface area contributed by atoms with Crippen LogP contribution in [0.4, 0.5) is 5.82 Å². The summed E-state index contributed by atoms with van der Waals surface area (Å²) >= 11 is 0. The highest BCUT2D eigenvalue weighted by Crippen LogP contribution is 2.23. The lowest BCUT2D eigenvalue weighted by atomic mass is 10.2. The molecule has 1 atom stereocenters. The summed E-state index contributed by atoms with van der Waals surface area (Å²) in [6.07, 6.45) is 5.24. The molecule has 0 unspecified atom stereocenters. The second-order valence-corrected chi connectivity index (χ2v) is 4.34. The van der Waals surface area contributed by atoms with Gasteiger partial charge in [-0.25, -0.2) is 9.97 Å². The van der Waals surface area contributed by atoms with Gasteiger partial charge in [0.25, 0.3) is 0 Å². The third-order valence-electron chi connectivity index (χ3n) is 3.19. The minimum atomic E-state index is 0.446. The Labute approximate surface area is 99.9 Å². The molecule has 2 aromatic rings. The Morgan fingerprint density at radius 1 is 1.41 bits per heavy atom. The van der Waals surface area contributed by atoms with E-state index in [9.17, 15) is 0 Å². The van der Waals surface area contributed by atoms with Crippen molar-refractivity contribution in [2.45, 2.75) is 13.0 Å². The minimum absolute atomic E-state index is 0.446. The number of aromatic nitrogens is 3. The van der Waals surface area contributed by atoms with E-state index in [0.29, 0.717) is 6.04 Å². The molecule has 0 aliphatic carbocycles. The molecule has 0 bridgehead atoms. The van der Waals surface area contributed by atoms with Crippen molar-refractivity contribution < 1.29 is 0 Å². The number of nitrogens with one attached hydrogen (secondary N) is 1. The van der Waals surface area contributed by atoms with E-state index in [1.165, 1.54) is 0 Å². The Balaban J connectivity index is 2.10. The molecule has 0 aromatic carbocycles. The zero-order chi connectivity index (χ0) is 11.7. The Morgan fingerprint density at radius 2 is 2.35 bits per heavy atom. The molecule has 0 radical (unpaired) electrons. The van der Waals surface area contributed by atoms with Crippen molar-refractivity contribution in [3.8, 4) is 0 Å². The molecule has 5 heteroatoms. The molecule has 17 heavy (non-hydrogen) atoms. The van der Waals surface area contributed by atoms with E-state index in [1.807, 2.05) is 12.3 Å². The summed E-state index contributed by atoms with van der Waals surface area (Å²) in [6.45, 7) is 5.17. The van der Waals surface area contributed by atoms with Crippen LogP contribution in [0.3, 0.4) is 0 Å². The molecule has 0 amide bonds. The monoisotopic (exact) mass is 229 g/mol. The summed E-state index contributed by atoms with van der Waals surface area (Å²) in [7, 11) is 0. The van der Waals surface area contributed by atoms with Gasteiger partial charge in [0.05, 0.1) is 10.9 Å². The summed E-state index contributed by atoms with van der Waals surface area (Å²) in [5, 5.41) is 4.41. The quantitative estimate of drug-likeness (QED) is 0.784. The van der Waals surface area contributed by atoms with Crippen LogP contribution in [0, 0.1) is 0 Å². The number of hydrogen-bond donors (Lipinski definition) is 1. The highest BCUT2D eigenvalue weighted by atomic mass is 15.3. The average Bonchev–Trinajstić information content (AvgIpc) is 2.39. The van der Waals surface area contributed by atoms with Crippen molar-refractivity contribution in [2.75, 3.05) is 24.5 Å². The number of fused-ring (bicyclic) bond motifs is 1. The molecule has 0 spiro atoms. The van der Waals surface area contributed by atoms with E-state index in [4.69, 9.17) is 0 Å². The average molecular weight is 229 g/mol. The molecule has 1 aliphatic rings. The molecule has 5 nitrogen and oxygen atoms in total. The second-order valence-electron chi connectivity index (χ2n) is 4.34. The first-order chi connectivity index (χ1) is 8.36. The number of pyridine rings is 1. The maximum Gasteiger partial charge on any atom is 0.141 e. The molecule has 1 saturated heterocycles. The van der Waals surface area contributed by atoms with Crippen LogP contribution in [0.2, 0.25) is 0 Å². The molecule has 0 saturated carbocycles. The van der Waals surface area contributed by atoms with Gasteiger partial charge in [-0.2, -0.15) is 0 Å². The molecule has 1 N–H and O–H groups in total. The Bertz CT molecular complexity index is 522. The highest BCUT2D eigenvalue weighted by Gasteiger charge is 2.21. The Kier molecular flexibility index (Phi) is 2.60. The number of piperazine rings is 1. The van der Waals surface area contributed by atoms with Crippen LogP contribution in [-0.4, -0.2) is 40.6 Å². The smallest absolute Gasteiger partial charge is 0.141 e. The molecule has 88 valence electrons. The first-order valence-electron chi connectivity index (χ1n) is 5.88. The van der Waals surface area contributed by atoms with Gasteiger partial charge >= 0.3 is 0 Å². The molecule has 2 aromatic heterocycles. The van der Waals surface area contributed by atoms with Gasteiger partial charge in [-0.1, -0.05) is 0 Å². The van der Waals surface area contributed by atoms with Gasteiger partial charge in [-0.15, -0.1) is 0 Å². The standard InChI is InChI=1S/C12H15N5/c1-9-6-14-4-5-17(9)12-10-7-13-3-2-11(10)15-8-16-12/h2-3,7-9,14H,4-6H2,1H3/t9-/m0/s1. The molecule has 3 heterocycles. The van der Waals surface area contributed by atoms with E-state index in [1.54, 1.807) is 12.5 Å². The normalized spacial score (nSPS) is 20.8. The summed E-state index contributed by atoms with van der Waals surface area (Å²) in [5.41, 5.74) is 0.954. The van der Waals surface area contributed by atoms with Crippen molar-refractivity contribution in [3.05, 3.63) is 24.8 Å². The van der Waals surface area contributed by atoms with E-state index in [0.717, 1.165) is 36.4 Å². The summed E-state index contributed by atoms with van der Waals surface area (Å²) in [5.74, 6) is 0.997. The van der Waals surface area contributed by atoms with Crippen molar-refractivity contribution in [1.82, 2.24) is 20.3 Å². The molecule has 3 rings (SSSR count). The van der Waals surface area contributed by atoms with Crippen LogP contribution in [-0.2, 0) is 0 Å². The number of hydrogen-bond acceptors (Lipinski definition) is 5. The van der Waals surface area contributed by atoms with Crippen molar-refractivity contribution in [2.24, 2.45) is 0 Å². The fraction of sp³-hybridized carbons (Fsp3) is 0.417. The van der Waals surface area contributed by atoms with Gasteiger partial charge < -0.3 is 10.2 Å². The van der Waals surface area contributed by atoms with Crippen molar-refractivity contribution in [3.63, 3.8) is 0 Å². The minimum Gasteiger partial charge on any atom is -0.351 e. The maximum atomic E-state index is 4.43. The van der Waals surface area contributed by atoms with E-state index in [2.05, 4.69) is 32.1 Å². The van der Waals surface area contributed by atoms with E-state index < -0.39 is 0 Å². The van der Waals surface area contributed by atoms with Gasteiger partial charge in [0.1, 0.15) is 12.1 Å². The first kappa shape index (κ1) is 10.4. The van der Waals surface area contributed by atoms with Crippen LogP contribution in [0.1, 0.15) is 6.92 Å². The van der Waals surface area contributed by atoms with Crippen LogP contribution >= 0.6 is 0 Å². The zero-order valence-electron chi connectivity index (χ0n) is 9.80. The Morgan fingerprint density at radius 3 is 3.24 bits per heavy atom. The lowest BCUT2D eigenvalue weighted by Crippen LogP contribution is -2.50. The lowest BCUT2D eigenvalue weighted by Gasteiger charge is -2.35. The third-order valence-corrected chi connectivity index (χ3v) is 3.19. The summed E-state index contributed by atoms with van der Waals surface area (Å²) in [6, 6.07) is 2.37. The van der Waals surface area contributed by atoms with Gasteiger partial charge in [0, 0.05) is 38.1 Å². The number of rotatable bonds is 1. The predicted octanol–water partition coefficient (Wildman–Crippen LogP) is 0.823. The molecular weight excluding hydrogens is 214 g/mol. The number of anilines is 1. The predicted molar refractivity (Wildman–Crippen MR) is 67.0 cm³/mol. The summed E-state index contributed by atoms with van der Waals surface area (Å²) < 4.78 is 0. The van der Waals surface area contributed by atoms with Gasteiger partial charge in [-0.3, -0.25) is 4.98 Å². The van der Waals surface area contributed by atoms with E-state index >= 15 is 0 Å². The van der Waals surface area contributed by atoms with Crippen molar-refractivity contribution in [1.29, 1.82) is 0 Å². The van der Waals surface area contributed by atoms with Gasteiger partial charge in [-0.05, 0) is 13.0 Å². The van der Waals surface area contributed by atoms with E-state index in [-0.39, 0.29) is 0 Å². The molecule has 1 fully saturated rings. The third kappa shape index (κ3) is 1.82. The topological polar surface area (TPSA) is 53.9 Å². The molecule has 1 aliphatic heterocycles. The zero-order valence-corrected chi connectivity index (χ0v) is 9.80. The van der Waals surface area contributed by atoms with Crippen LogP contribution in [0.25, 0.3) is 10.9 Å². The lowest BCUT2D eigenvalue weighted by molar-refractivity contribution is 0.498. The highest BCUT2D eigenvalue weighted by molar-refractivity contribution is 5.88. The van der Waals surface area contributed by atoms with Gasteiger partial charge in [0.15, 0.2) is 0 Å². The van der Waals surface area contributed by atoms with Crippen LogP contribution < -0.4 is 10.2 Å². The largest absolute Gasteiger partial charge is 0.351 e. The SMILES string of the molecule is C[C@H]1CNCCN1c1ncnc2ccncc12. The van der Waals surface area contributed by atoms with Crippen LogP contribution in [0.5, 0.6) is 0 Å². The number of nitrogens with zero attached hydrogens (tertiary/aromatic N) is 4. The molecular formula is C12H15N5. The maximum absolute atomic E-state index is 4.43. The fourth-order valence-corrected chi connectivity index (χ4v) is 2.27. The van der Waals surface area contributed by atoms with Crippen molar-refractivity contribution >= 4 is 16.7 Å². The Hall–Kier alpha value is -1.75. The first-order valence-corrected chi connectivity index (χ1v) is 5.88.